The summed E-state index contributed by atoms with van der Waals surface area (Å²) in [6, 6.07) is 6.20. The zero-order valence-electron chi connectivity index (χ0n) is 9.03. The minimum absolute atomic E-state index is 0.437. The summed E-state index contributed by atoms with van der Waals surface area (Å²) in [5.74, 6) is 7.00. The maximum Gasteiger partial charge on any atom is 0.142 e. The molecule has 1 aromatic carbocycles. The standard InChI is InChI=1S/C11H14BrN3O/c1-16-10-5-2-7(6-9(10)12)11(15-13)14-8-3-4-8/h2,5-6,8H,3-4,13H2,1H3,(H,14,15). The van der Waals surface area contributed by atoms with E-state index >= 15 is 0 Å². The van der Waals surface area contributed by atoms with Crippen LogP contribution in [0.3, 0.4) is 0 Å². The molecule has 0 spiro atoms. The van der Waals surface area contributed by atoms with Crippen LogP contribution in [0.2, 0.25) is 0 Å². The minimum atomic E-state index is 0.437. The molecule has 3 N–H and O–H groups in total. The van der Waals surface area contributed by atoms with Gasteiger partial charge in [-0.25, -0.2) is 5.84 Å². The number of rotatable bonds is 3. The van der Waals surface area contributed by atoms with Gasteiger partial charge in [0.1, 0.15) is 11.6 Å². The van der Waals surface area contributed by atoms with Gasteiger partial charge in [-0.3, -0.25) is 4.99 Å². The van der Waals surface area contributed by atoms with E-state index < -0.39 is 0 Å². The summed E-state index contributed by atoms with van der Waals surface area (Å²) in [4.78, 5) is 4.49. The highest BCUT2D eigenvalue weighted by Gasteiger charge is 2.21. The van der Waals surface area contributed by atoms with E-state index in [0.29, 0.717) is 6.04 Å². The summed E-state index contributed by atoms with van der Waals surface area (Å²) < 4.78 is 6.06. The molecule has 1 aromatic rings. The molecule has 0 saturated heterocycles. The average molecular weight is 284 g/mol. The fraction of sp³-hybridized carbons (Fsp3) is 0.364. The number of nitrogens with one attached hydrogen (secondary N) is 1. The van der Waals surface area contributed by atoms with Crippen LogP contribution in [0, 0.1) is 0 Å². The molecule has 86 valence electrons. The number of halogens is 1. The number of methoxy groups -OCH3 is 1. The molecule has 0 heterocycles. The van der Waals surface area contributed by atoms with Crippen molar-refractivity contribution in [3.63, 3.8) is 0 Å². The van der Waals surface area contributed by atoms with E-state index in [1.807, 2.05) is 18.2 Å². The van der Waals surface area contributed by atoms with Gasteiger partial charge in [-0.15, -0.1) is 0 Å². The Labute approximate surface area is 103 Å². The van der Waals surface area contributed by atoms with Gasteiger partial charge in [0.2, 0.25) is 0 Å². The van der Waals surface area contributed by atoms with Crippen molar-refractivity contribution in [2.24, 2.45) is 10.8 Å². The Hall–Kier alpha value is -1.07. The quantitative estimate of drug-likeness (QED) is 0.385. The van der Waals surface area contributed by atoms with Gasteiger partial charge >= 0.3 is 0 Å². The predicted molar refractivity (Wildman–Crippen MR) is 67.6 cm³/mol. The lowest BCUT2D eigenvalue weighted by Gasteiger charge is -2.08. The van der Waals surface area contributed by atoms with Gasteiger partial charge in [0.25, 0.3) is 0 Å². The highest BCUT2D eigenvalue weighted by atomic mass is 79.9. The summed E-state index contributed by atoms with van der Waals surface area (Å²) in [6.45, 7) is 0. The largest absolute Gasteiger partial charge is 0.496 e. The van der Waals surface area contributed by atoms with Crippen molar-refractivity contribution in [2.75, 3.05) is 7.11 Å². The fourth-order valence-electron chi connectivity index (χ4n) is 1.40. The van der Waals surface area contributed by atoms with Crippen LogP contribution in [0.5, 0.6) is 5.75 Å². The number of hydrogen-bond donors (Lipinski definition) is 2. The molecule has 1 aliphatic rings. The summed E-state index contributed by atoms with van der Waals surface area (Å²) in [7, 11) is 1.64. The van der Waals surface area contributed by atoms with E-state index in [-0.39, 0.29) is 0 Å². The third-order valence-electron chi connectivity index (χ3n) is 2.42. The Morgan fingerprint density at radius 3 is 2.81 bits per heavy atom. The van der Waals surface area contributed by atoms with Crippen LogP contribution in [-0.2, 0) is 0 Å². The molecule has 0 bridgehead atoms. The monoisotopic (exact) mass is 283 g/mol. The van der Waals surface area contributed by atoms with Gasteiger partial charge in [-0.1, -0.05) is 0 Å². The molecule has 0 aromatic heterocycles. The number of benzene rings is 1. The number of ether oxygens (including phenoxy) is 1. The van der Waals surface area contributed by atoms with Crippen LogP contribution >= 0.6 is 15.9 Å². The normalized spacial score (nSPS) is 16.1. The maximum atomic E-state index is 5.47. The molecule has 0 unspecified atom stereocenters. The highest BCUT2D eigenvalue weighted by molar-refractivity contribution is 9.10. The van der Waals surface area contributed by atoms with Gasteiger partial charge in [-0.2, -0.15) is 0 Å². The van der Waals surface area contributed by atoms with Gasteiger partial charge < -0.3 is 10.2 Å². The smallest absolute Gasteiger partial charge is 0.142 e. The summed E-state index contributed by atoms with van der Waals surface area (Å²) in [5, 5.41) is 0. The Bertz CT molecular complexity index is 416. The van der Waals surface area contributed by atoms with Crippen molar-refractivity contribution in [3.8, 4) is 5.75 Å². The SMILES string of the molecule is COc1ccc(C(=NC2CC2)NN)cc1Br. The number of nitrogens with zero attached hydrogens (tertiary/aromatic N) is 1. The second-order valence-electron chi connectivity index (χ2n) is 3.70. The molecule has 1 aliphatic carbocycles. The number of hydrogen-bond acceptors (Lipinski definition) is 3. The molecule has 5 heteroatoms. The van der Waals surface area contributed by atoms with Crippen LogP contribution in [0.15, 0.2) is 27.7 Å². The first-order valence-electron chi connectivity index (χ1n) is 5.13. The van der Waals surface area contributed by atoms with E-state index in [1.165, 1.54) is 0 Å². The molecule has 0 atom stereocenters. The van der Waals surface area contributed by atoms with Gasteiger partial charge in [0.05, 0.1) is 17.6 Å². The summed E-state index contributed by atoms with van der Waals surface area (Å²) in [5.41, 5.74) is 3.60. The first-order chi connectivity index (χ1) is 7.74. The number of nitrogens with two attached hydrogens (primary N) is 1. The zero-order chi connectivity index (χ0) is 11.5. The topological polar surface area (TPSA) is 59.6 Å². The Balaban J connectivity index is 2.27. The molecule has 1 fully saturated rings. The second-order valence-corrected chi connectivity index (χ2v) is 4.56. The highest BCUT2D eigenvalue weighted by Crippen LogP contribution is 2.27. The lowest BCUT2D eigenvalue weighted by molar-refractivity contribution is 0.412. The van der Waals surface area contributed by atoms with Crippen molar-refractivity contribution in [3.05, 3.63) is 28.2 Å². The van der Waals surface area contributed by atoms with Gasteiger partial charge in [0.15, 0.2) is 0 Å². The zero-order valence-corrected chi connectivity index (χ0v) is 10.6. The maximum absolute atomic E-state index is 5.47. The predicted octanol–water partition coefficient (Wildman–Crippen LogP) is 1.83. The number of aliphatic imine (C=N–C) groups is 1. The van der Waals surface area contributed by atoms with E-state index in [1.54, 1.807) is 7.11 Å². The lowest BCUT2D eigenvalue weighted by atomic mass is 10.2. The van der Waals surface area contributed by atoms with Gasteiger partial charge in [-0.05, 0) is 47.0 Å². The van der Waals surface area contributed by atoms with Crippen LogP contribution < -0.4 is 16.0 Å². The first kappa shape index (κ1) is 11.4. The van der Waals surface area contributed by atoms with E-state index in [0.717, 1.165) is 34.5 Å². The number of hydrazine groups is 1. The average Bonchev–Trinajstić information content (AvgIpc) is 3.09. The molecule has 0 aliphatic heterocycles. The molecule has 2 rings (SSSR count). The molecule has 0 amide bonds. The molecule has 1 saturated carbocycles. The third-order valence-corrected chi connectivity index (χ3v) is 3.04. The van der Waals surface area contributed by atoms with Crippen LogP contribution in [0.1, 0.15) is 18.4 Å². The van der Waals surface area contributed by atoms with Crippen molar-refractivity contribution in [1.82, 2.24) is 5.43 Å². The molecule has 16 heavy (non-hydrogen) atoms. The van der Waals surface area contributed by atoms with Crippen molar-refractivity contribution in [2.45, 2.75) is 18.9 Å². The van der Waals surface area contributed by atoms with Crippen molar-refractivity contribution < 1.29 is 4.74 Å². The summed E-state index contributed by atoms with van der Waals surface area (Å²) in [6.07, 6.45) is 2.31. The van der Waals surface area contributed by atoms with Crippen LogP contribution in [0.25, 0.3) is 0 Å². The van der Waals surface area contributed by atoms with Crippen molar-refractivity contribution in [1.29, 1.82) is 0 Å². The third kappa shape index (κ3) is 2.54. The van der Waals surface area contributed by atoms with E-state index in [9.17, 15) is 0 Å². The van der Waals surface area contributed by atoms with Gasteiger partial charge in [0, 0.05) is 5.56 Å². The van der Waals surface area contributed by atoms with E-state index in [2.05, 4.69) is 26.3 Å². The Morgan fingerprint density at radius 2 is 2.31 bits per heavy atom. The molecule has 4 nitrogen and oxygen atoms in total. The van der Waals surface area contributed by atoms with Crippen LogP contribution in [0.4, 0.5) is 0 Å². The first-order valence-corrected chi connectivity index (χ1v) is 5.92. The summed E-state index contributed by atoms with van der Waals surface area (Å²) >= 11 is 3.44. The molecule has 0 radical (unpaired) electrons. The van der Waals surface area contributed by atoms with E-state index in [4.69, 9.17) is 10.6 Å². The number of amidine groups is 1. The fourth-order valence-corrected chi connectivity index (χ4v) is 1.94. The Kier molecular flexibility index (Phi) is 3.46. The minimum Gasteiger partial charge on any atom is -0.496 e. The van der Waals surface area contributed by atoms with Crippen LogP contribution in [-0.4, -0.2) is 19.0 Å². The lowest BCUT2D eigenvalue weighted by Crippen LogP contribution is -2.31. The van der Waals surface area contributed by atoms with Crippen molar-refractivity contribution >= 4 is 21.8 Å². The Morgan fingerprint density at radius 1 is 1.56 bits per heavy atom. The molecular formula is C11H14BrN3O. The second kappa shape index (κ2) is 4.84. The molecular weight excluding hydrogens is 270 g/mol.